The SMILES string of the molecule is CCCCCCCCCCCCCCCCCC(=O)NCCCCCCCCCCCCCCCC(N)=O. The van der Waals surface area contributed by atoms with Gasteiger partial charge in [0.1, 0.15) is 0 Å². The third-order valence-corrected chi connectivity index (χ3v) is 7.93. The topological polar surface area (TPSA) is 72.2 Å². The van der Waals surface area contributed by atoms with E-state index in [2.05, 4.69) is 12.2 Å². The van der Waals surface area contributed by atoms with Crippen molar-refractivity contribution in [1.82, 2.24) is 5.32 Å². The van der Waals surface area contributed by atoms with Gasteiger partial charge in [0, 0.05) is 19.4 Å². The Bertz CT molecular complexity index is 495. The van der Waals surface area contributed by atoms with Crippen molar-refractivity contribution in [3.8, 4) is 0 Å². The molecule has 0 aliphatic carbocycles. The van der Waals surface area contributed by atoms with Gasteiger partial charge in [0.2, 0.25) is 11.8 Å². The second kappa shape index (κ2) is 32.2. The van der Waals surface area contributed by atoms with Crippen LogP contribution >= 0.6 is 0 Å². The third-order valence-electron chi connectivity index (χ3n) is 7.93. The van der Waals surface area contributed by atoms with E-state index >= 15 is 0 Å². The van der Waals surface area contributed by atoms with Crippen molar-refractivity contribution in [2.45, 2.75) is 200 Å². The number of hydrogen-bond acceptors (Lipinski definition) is 2. The van der Waals surface area contributed by atoms with Crippen molar-refractivity contribution < 1.29 is 9.59 Å². The molecular weight excluding hydrogens is 468 g/mol. The van der Waals surface area contributed by atoms with E-state index in [9.17, 15) is 9.59 Å². The van der Waals surface area contributed by atoms with Crippen LogP contribution in [0.2, 0.25) is 0 Å². The number of carbonyl (C=O) groups excluding carboxylic acids is 2. The summed E-state index contributed by atoms with van der Waals surface area (Å²) >= 11 is 0. The number of primary amides is 1. The summed E-state index contributed by atoms with van der Waals surface area (Å²) in [7, 11) is 0. The van der Waals surface area contributed by atoms with Crippen molar-refractivity contribution in [2.75, 3.05) is 6.54 Å². The van der Waals surface area contributed by atoms with Crippen molar-refractivity contribution in [2.24, 2.45) is 5.73 Å². The molecule has 0 unspecified atom stereocenters. The smallest absolute Gasteiger partial charge is 0.219 e. The molecule has 2 amide bonds. The summed E-state index contributed by atoms with van der Waals surface area (Å²) in [6.45, 7) is 3.14. The number of nitrogens with two attached hydrogens (primary N) is 1. The molecule has 4 heteroatoms. The third kappa shape index (κ3) is 33.0. The summed E-state index contributed by atoms with van der Waals surface area (Å²) in [4.78, 5) is 22.7. The van der Waals surface area contributed by atoms with Crippen molar-refractivity contribution in [3.63, 3.8) is 0 Å². The molecule has 0 atom stereocenters. The van der Waals surface area contributed by atoms with Gasteiger partial charge < -0.3 is 11.1 Å². The summed E-state index contributed by atoms with van der Waals surface area (Å²) in [5.41, 5.74) is 5.16. The second-order valence-electron chi connectivity index (χ2n) is 11.9. The molecule has 4 nitrogen and oxygen atoms in total. The Morgan fingerprint density at radius 1 is 0.421 bits per heavy atom. The molecule has 226 valence electrons. The van der Waals surface area contributed by atoms with Crippen molar-refractivity contribution >= 4 is 11.8 Å². The van der Waals surface area contributed by atoms with Crippen molar-refractivity contribution in [1.29, 1.82) is 0 Å². The first-order valence-electron chi connectivity index (χ1n) is 17.2. The lowest BCUT2D eigenvalue weighted by Gasteiger charge is -2.06. The lowest BCUT2D eigenvalue weighted by molar-refractivity contribution is -0.121. The van der Waals surface area contributed by atoms with Crippen LogP contribution in [0.5, 0.6) is 0 Å². The van der Waals surface area contributed by atoms with Crippen LogP contribution in [0.1, 0.15) is 200 Å². The standard InChI is InChI=1S/C34H68N2O2/c1-2-3-4-5-6-7-8-9-10-13-16-19-22-25-28-31-34(38)36-32-29-26-23-20-17-14-11-12-15-18-21-24-27-30-33(35)37/h2-32H2,1H3,(H2,35,37)(H,36,38). The van der Waals surface area contributed by atoms with Crippen LogP contribution in [0.3, 0.4) is 0 Å². The Morgan fingerprint density at radius 3 is 1.05 bits per heavy atom. The molecular formula is C34H68N2O2. The van der Waals surface area contributed by atoms with Gasteiger partial charge in [-0.15, -0.1) is 0 Å². The van der Waals surface area contributed by atoms with Crippen LogP contribution in [0.4, 0.5) is 0 Å². The predicted octanol–water partition coefficient (Wildman–Crippen LogP) is 10.3. The summed E-state index contributed by atoms with van der Waals surface area (Å²) in [5.74, 6) is 0.0906. The fraction of sp³-hybridized carbons (Fsp3) is 0.941. The largest absolute Gasteiger partial charge is 0.370 e. The highest BCUT2D eigenvalue weighted by Gasteiger charge is 2.01. The van der Waals surface area contributed by atoms with E-state index in [1.807, 2.05) is 0 Å². The molecule has 0 aromatic heterocycles. The second-order valence-corrected chi connectivity index (χ2v) is 11.9. The summed E-state index contributed by atoms with van der Waals surface area (Å²) in [5, 5.41) is 3.12. The minimum Gasteiger partial charge on any atom is -0.370 e. The molecule has 0 rings (SSSR count). The van der Waals surface area contributed by atoms with Crippen LogP contribution in [0, 0.1) is 0 Å². The molecule has 0 radical (unpaired) electrons. The highest BCUT2D eigenvalue weighted by Crippen LogP contribution is 2.14. The van der Waals surface area contributed by atoms with E-state index in [4.69, 9.17) is 5.73 Å². The number of carbonyl (C=O) groups is 2. The van der Waals surface area contributed by atoms with Gasteiger partial charge >= 0.3 is 0 Å². The van der Waals surface area contributed by atoms with Crippen LogP contribution < -0.4 is 11.1 Å². The molecule has 0 aliphatic heterocycles. The van der Waals surface area contributed by atoms with E-state index in [1.165, 1.54) is 154 Å². The molecule has 0 aromatic carbocycles. The van der Waals surface area contributed by atoms with Crippen molar-refractivity contribution in [3.05, 3.63) is 0 Å². The molecule has 3 N–H and O–H groups in total. The normalized spacial score (nSPS) is 11.2. The Kier molecular flexibility index (Phi) is 31.3. The lowest BCUT2D eigenvalue weighted by Crippen LogP contribution is -2.23. The molecule has 0 spiro atoms. The lowest BCUT2D eigenvalue weighted by atomic mass is 10.0. The van der Waals surface area contributed by atoms with E-state index in [0.717, 1.165) is 32.2 Å². The maximum absolute atomic E-state index is 12.0. The fourth-order valence-electron chi connectivity index (χ4n) is 5.34. The maximum atomic E-state index is 12.0. The highest BCUT2D eigenvalue weighted by molar-refractivity contribution is 5.75. The molecule has 0 saturated carbocycles. The molecule has 0 saturated heterocycles. The molecule has 0 fully saturated rings. The zero-order valence-corrected chi connectivity index (χ0v) is 25.8. The van der Waals surface area contributed by atoms with Gasteiger partial charge in [-0.2, -0.15) is 0 Å². The average Bonchev–Trinajstić information content (AvgIpc) is 2.90. The number of unbranched alkanes of at least 4 members (excludes halogenated alkanes) is 26. The van der Waals surface area contributed by atoms with Gasteiger partial charge in [0.25, 0.3) is 0 Å². The molecule has 0 aromatic rings. The van der Waals surface area contributed by atoms with Crippen LogP contribution in [-0.2, 0) is 9.59 Å². The quantitative estimate of drug-likeness (QED) is 0.0839. The monoisotopic (exact) mass is 537 g/mol. The first-order valence-corrected chi connectivity index (χ1v) is 17.2. The number of rotatable bonds is 32. The molecule has 0 aliphatic rings. The minimum absolute atomic E-state index is 0.166. The van der Waals surface area contributed by atoms with E-state index < -0.39 is 0 Å². The summed E-state index contributed by atoms with van der Waals surface area (Å²) in [6.07, 6.45) is 38.1. The minimum atomic E-state index is -0.166. The summed E-state index contributed by atoms with van der Waals surface area (Å²) in [6, 6.07) is 0. The average molecular weight is 537 g/mol. The van der Waals surface area contributed by atoms with E-state index in [-0.39, 0.29) is 11.8 Å². The van der Waals surface area contributed by atoms with Gasteiger partial charge in [-0.05, 0) is 19.3 Å². The first-order chi connectivity index (χ1) is 18.7. The highest BCUT2D eigenvalue weighted by atomic mass is 16.1. The van der Waals surface area contributed by atoms with Gasteiger partial charge in [-0.1, -0.05) is 167 Å². The van der Waals surface area contributed by atoms with Gasteiger partial charge in [-0.25, -0.2) is 0 Å². The van der Waals surface area contributed by atoms with Gasteiger partial charge in [-0.3, -0.25) is 9.59 Å². The van der Waals surface area contributed by atoms with E-state index in [1.54, 1.807) is 0 Å². The van der Waals surface area contributed by atoms with Crippen LogP contribution in [0.15, 0.2) is 0 Å². The molecule has 0 heterocycles. The van der Waals surface area contributed by atoms with Gasteiger partial charge in [0.05, 0.1) is 0 Å². The Balaban J connectivity index is 3.15. The predicted molar refractivity (Wildman–Crippen MR) is 166 cm³/mol. The van der Waals surface area contributed by atoms with E-state index in [0.29, 0.717) is 12.8 Å². The zero-order valence-electron chi connectivity index (χ0n) is 25.8. The first kappa shape index (κ1) is 36.9. The Hall–Kier alpha value is -1.06. The van der Waals surface area contributed by atoms with Gasteiger partial charge in [0.15, 0.2) is 0 Å². The fourth-order valence-corrected chi connectivity index (χ4v) is 5.34. The Morgan fingerprint density at radius 2 is 0.711 bits per heavy atom. The number of amides is 2. The number of nitrogens with one attached hydrogen (secondary N) is 1. The Labute approximate surface area is 238 Å². The molecule has 0 bridgehead atoms. The van der Waals surface area contributed by atoms with Crippen LogP contribution in [-0.4, -0.2) is 18.4 Å². The van der Waals surface area contributed by atoms with Crippen LogP contribution in [0.25, 0.3) is 0 Å². The summed E-state index contributed by atoms with van der Waals surface area (Å²) < 4.78 is 0. The molecule has 38 heavy (non-hydrogen) atoms. The maximum Gasteiger partial charge on any atom is 0.219 e. The number of hydrogen-bond donors (Lipinski definition) is 2. The zero-order chi connectivity index (χ0) is 27.8.